The van der Waals surface area contributed by atoms with E-state index in [1.54, 1.807) is 7.05 Å². The maximum Gasteiger partial charge on any atom is 0.329 e. The average Bonchev–Trinajstić information content (AvgIpc) is 2.41. The first-order chi connectivity index (χ1) is 9.11. The van der Waals surface area contributed by atoms with Crippen LogP contribution in [0.4, 0.5) is 17.5 Å². The van der Waals surface area contributed by atoms with Gasteiger partial charge in [0.05, 0.1) is 4.92 Å². The molecule has 2 unspecified atom stereocenters. The molecule has 2 N–H and O–H groups in total. The zero-order valence-corrected chi connectivity index (χ0v) is 11.2. The molecule has 0 saturated heterocycles. The highest BCUT2D eigenvalue weighted by molar-refractivity contribution is 5.57. The van der Waals surface area contributed by atoms with E-state index in [4.69, 9.17) is 0 Å². The summed E-state index contributed by atoms with van der Waals surface area (Å²) in [6.07, 6.45) is 5.80. The minimum absolute atomic E-state index is 0.0724. The van der Waals surface area contributed by atoms with Crippen LogP contribution in [0.2, 0.25) is 0 Å². The normalized spacial score (nSPS) is 22.8. The van der Waals surface area contributed by atoms with E-state index >= 15 is 0 Å². The molecule has 1 heterocycles. The Bertz CT molecular complexity index is 465. The minimum Gasteiger partial charge on any atom is -0.361 e. The number of anilines is 2. The molecule has 19 heavy (non-hydrogen) atoms. The third-order valence-electron chi connectivity index (χ3n) is 3.62. The van der Waals surface area contributed by atoms with Gasteiger partial charge in [0.2, 0.25) is 11.8 Å². The van der Waals surface area contributed by atoms with Crippen LogP contribution >= 0.6 is 0 Å². The maximum absolute atomic E-state index is 11.0. The summed E-state index contributed by atoms with van der Waals surface area (Å²) in [5, 5.41) is 17.0. The highest BCUT2D eigenvalue weighted by Crippen LogP contribution is 2.29. The van der Waals surface area contributed by atoms with Gasteiger partial charge in [-0.1, -0.05) is 19.8 Å². The maximum atomic E-state index is 11.0. The summed E-state index contributed by atoms with van der Waals surface area (Å²) >= 11 is 0. The molecule has 7 nitrogen and oxygen atoms in total. The van der Waals surface area contributed by atoms with Crippen molar-refractivity contribution in [3.63, 3.8) is 0 Å². The third-order valence-corrected chi connectivity index (χ3v) is 3.62. The van der Waals surface area contributed by atoms with Gasteiger partial charge in [0.1, 0.15) is 6.20 Å². The van der Waals surface area contributed by atoms with Crippen LogP contribution in [-0.2, 0) is 0 Å². The van der Waals surface area contributed by atoms with Crippen molar-refractivity contribution in [2.45, 2.75) is 38.6 Å². The first-order valence-corrected chi connectivity index (χ1v) is 6.57. The first kappa shape index (κ1) is 13.5. The molecule has 1 aliphatic rings. The van der Waals surface area contributed by atoms with Gasteiger partial charge in [0.15, 0.2) is 0 Å². The van der Waals surface area contributed by atoms with Crippen molar-refractivity contribution >= 4 is 17.5 Å². The Balaban J connectivity index is 2.23. The topological polar surface area (TPSA) is 93.0 Å². The number of nitrogens with zero attached hydrogens (tertiary/aromatic N) is 3. The van der Waals surface area contributed by atoms with E-state index in [-0.39, 0.29) is 11.7 Å². The van der Waals surface area contributed by atoms with Crippen LogP contribution in [0.1, 0.15) is 32.6 Å². The van der Waals surface area contributed by atoms with Crippen LogP contribution in [0.15, 0.2) is 6.20 Å². The van der Waals surface area contributed by atoms with Gasteiger partial charge in [0.25, 0.3) is 0 Å². The van der Waals surface area contributed by atoms with Crippen molar-refractivity contribution in [2.24, 2.45) is 5.92 Å². The van der Waals surface area contributed by atoms with Crippen molar-refractivity contribution in [3.8, 4) is 0 Å². The fourth-order valence-corrected chi connectivity index (χ4v) is 2.44. The molecule has 7 heteroatoms. The molecule has 104 valence electrons. The van der Waals surface area contributed by atoms with Gasteiger partial charge < -0.3 is 10.6 Å². The lowest BCUT2D eigenvalue weighted by Gasteiger charge is -2.29. The molecule has 1 aliphatic carbocycles. The molecule has 2 rings (SSSR count). The smallest absolute Gasteiger partial charge is 0.329 e. The highest BCUT2D eigenvalue weighted by atomic mass is 16.6. The van der Waals surface area contributed by atoms with E-state index in [0.717, 1.165) is 19.3 Å². The third kappa shape index (κ3) is 3.10. The second-order valence-corrected chi connectivity index (χ2v) is 4.95. The predicted octanol–water partition coefficient (Wildman–Crippen LogP) is 2.42. The summed E-state index contributed by atoms with van der Waals surface area (Å²) in [5.41, 5.74) is -0.0724. The second kappa shape index (κ2) is 5.81. The van der Waals surface area contributed by atoms with Crippen LogP contribution in [0.25, 0.3) is 0 Å². The Morgan fingerprint density at radius 1 is 1.42 bits per heavy atom. The molecular weight excluding hydrogens is 246 g/mol. The lowest BCUT2D eigenvalue weighted by Crippen LogP contribution is -2.31. The Morgan fingerprint density at radius 3 is 2.79 bits per heavy atom. The van der Waals surface area contributed by atoms with E-state index < -0.39 is 4.92 Å². The van der Waals surface area contributed by atoms with Crippen LogP contribution in [-0.4, -0.2) is 28.0 Å². The Morgan fingerprint density at radius 2 is 2.16 bits per heavy atom. The van der Waals surface area contributed by atoms with Crippen molar-refractivity contribution in [1.29, 1.82) is 0 Å². The SMILES string of the molecule is CNc1ncc([N+](=O)[O-])c(NC2CCCCC2C)n1. The largest absolute Gasteiger partial charge is 0.361 e. The molecule has 1 aromatic heterocycles. The lowest BCUT2D eigenvalue weighted by molar-refractivity contribution is -0.384. The molecule has 0 aliphatic heterocycles. The molecule has 0 radical (unpaired) electrons. The fraction of sp³-hybridized carbons (Fsp3) is 0.667. The summed E-state index contributed by atoms with van der Waals surface area (Å²) in [7, 11) is 1.69. The Kier molecular flexibility index (Phi) is 4.13. The van der Waals surface area contributed by atoms with Crippen molar-refractivity contribution in [2.75, 3.05) is 17.7 Å². The summed E-state index contributed by atoms with van der Waals surface area (Å²) in [4.78, 5) is 18.6. The summed E-state index contributed by atoms with van der Waals surface area (Å²) in [6, 6.07) is 0.243. The summed E-state index contributed by atoms with van der Waals surface area (Å²) in [6.45, 7) is 2.17. The monoisotopic (exact) mass is 265 g/mol. The second-order valence-electron chi connectivity index (χ2n) is 4.95. The van der Waals surface area contributed by atoms with Gasteiger partial charge in [-0.05, 0) is 18.8 Å². The zero-order valence-electron chi connectivity index (χ0n) is 11.2. The van der Waals surface area contributed by atoms with Gasteiger partial charge >= 0.3 is 5.69 Å². The fourth-order valence-electron chi connectivity index (χ4n) is 2.44. The van der Waals surface area contributed by atoms with Crippen LogP contribution in [0.5, 0.6) is 0 Å². The van der Waals surface area contributed by atoms with Gasteiger partial charge in [0, 0.05) is 13.1 Å². The summed E-state index contributed by atoms with van der Waals surface area (Å²) in [5.74, 6) is 1.20. The quantitative estimate of drug-likeness (QED) is 0.641. The van der Waals surface area contributed by atoms with Crippen molar-refractivity contribution < 1.29 is 4.92 Å². The molecule has 0 aromatic carbocycles. The standard InChI is InChI=1S/C12H19N5O2/c1-8-5-3-4-6-9(8)15-11-10(17(18)19)7-14-12(13-2)16-11/h7-9H,3-6H2,1-2H3,(H2,13,14,15,16). The van der Waals surface area contributed by atoms with Crippen molar-refractivity contribution in [3.05, 3.63) is 16.3 Å². The van der Waals surface area contributed by atoms with Crippen LogP contribution in [0, 0.1) is 16.0 Å². The molecule has 0 spiro atoms. The lowest BCUT2D eigenvalue weighted by atomic mass is 9.86. The van der Waals surface area contributed by atoms with Crippen LogP contribution < -0.4 is 10.6 Å². The zero-order chi connectivity index (χ0) is 13.8. The van der Waals surface area contributed by atoms with Gasteiger partial charge in [-0.2, -0.15) is 4.98 Å². The van der Waals surface area contributed by atoms with Gasteiger partial charge in [-0.25, -0.2) is 4.98 Å². The molecular formula is C12H19N5O2. The van der Waals surface area contributed by atoms with Gasteiger partial charge in [-0.3, -0.25) is 10.1 Å². The van der Waals surface area contributed by atoms with E-state index in [1.165, 1.54) is 12.6 Å². The van der Waals surface area contributed by atoms with Gasteiger partial charge in [-0.15, -0.1) is 0 Å². The summed E-state index contributed by atoms with van der Waals surface area (Å²) < 4.78 is 0. The predicted molar refractivity (Wildman–Crippen MR) is 73.3 cm³/mol. The van der Waals surface area contributed by atoms with E-state index in [9.17, 15) is 10.1 Å². The molecule has 1 fully saturated rings. The van der Waals surface area contributed by atoms with E-state index in [0.29, 0.717) is 17.7 Å². The minimum atomic E-state index is -0.449. The first-order valence-electron chi connectivity index (χ1n) is 6.57. The van der Waals surface area contributed by atoms with E-state index in [2.05, 4.69) is 27.5 Å². The number of hydrogen-bond donors (Lipinski definition) is 2. The number of hydrogen-bond acceptors (Lipinski definition) is 6. The number of nitro groups is 1. The molecule has 1 aromatic rings. The number of rotatable bonds is 4. The highest BCUT2D eigenvalue weighted by Gasteiger charge is 2.25. The number of nitrogens with one attached hydrogen (secondary N) is 2. The van der Waals surface area contributed by atoms with E-state index in [1.807, 2.05) is 0 Å². The average molecular weight is 265 g/mol. The van der Waals surface area contributed by atoms with Crippen molar-refractivity contribution in [1.82, 2.24) is 9.97 Å². The van der Waals surface area contributed by atoms with Crippen LogP contribution in [0.3, 0.4) is 0 Å². The number of aromatic nitrogens is 2. The molecule has 2 atom stereocenters. The molecule has 1 saturated carbocycles. The Hall–Kier alpha value is -1.92. The Labute approximate surface area is 112 Å². The molecule has 0 amide bonds. The molecule has 0 bridgehead atoms.